The minimum atomic E-state index is -1.20. The SMILES string of the molecule is CCCCCCCCCCCCCC(=O)OCC(COC(=O)CCCCCCCCCCCCC)(COC(=O)CCCCCCCCCCCCC)COC(=O)CCCCCCCCCCCCC. The molecule has 0 fully saturated rings. The van der Waals surface area contributed by atoms with Crippen LogP contribution < -0.4 is 0 Å². The molecule has 0 amide bonds. The molecule has 8 heteroatoms. The molecular formula is C61H116O8. The van der Waals surface area contributed by atoms with Crippen molar-refractivity contribution in [1.29, 1.82) is 0 Å². The van der Waals surface area contributed by atoms with Crippen LogP contribution in [0.15, 0.2) is 0 Å². The molecule has 0 aromatic heterocycles. The third-order valence-electron chi connectivity index (χ3n) is 14.1. The van der Waals surface area contributed by atoms with Gasteiger partial charge in [0.05, 0.1) is 0 Å². The van der Waals surface area contributed by atoms with E-state index in [2.05, 4.69) is 27.7 Å². The smallest absolute Gasteiger partial charge is 0.305 e. The third-order valence-corrected chi connectivity index (χ3v) is 14.1. The van der Waals surface area contributed by atoms with Crippen molar-refractivity contribution in [3.05, 3.63) is 0 Å². The Balaban J connectivity index is 5.43. The molecule has 69 heavy (non-hydrogen) atoms. The van der Waals surface area contributed by atoms with Gasteiger partial charge in [-0.2, -0.15) is 0 Å². The van der Waals surface area contributed by atoms with Gasteiger partial charge in [-0.3, -0.25) is 19.2 Å². The van der Waals surface area contributed by atoms with Gasteiger partial charge in [-0.1, -0.05) is 285 Å². The minimum Gasteiger partial charge on any atom is -0.465 e. The summed E-state index contributed by atoms with van der Waals surface area (Å²) in [5.74, 6) is -1.33. The maximum atomic E-state index is 13.2. The zero-order valence-corrected chi connectivity index (χ0v) is 46.5. The first-order valence-corrected chi connectivity index (χ1v) is 30.4. The molecule has 0 bridgehead atoms. The van der Waals surface area contributed by atoms with Crippen LogP contribution in [0.3, 0.4) is 0 Å². The summed E-state index contributed by atoms with van der Waals surface area (Å²) >= 11 is 0. The van der Waals surface area contributed by atoms with Crippen molar-refractivity contribution in [2.45, 2.75) is 336 Å². The van der Waals surface area contributed by atoms with Gasteiger partial charge in [0.15, 0.2) is 0 Å². The Morgan fingerprint density at radius 3 is 0.493 bits per heavy atom. The van der Waals surface area contributed by atoms with Crippen molar-refractivity contribution in [3.63, 3.8) is 0 Å². The zero-order chi connectivity index (χ0) is 50.4. The number of hydrogen-bond donors (Lipinski definition) is 0. The molecule has 0 aliphatic heterocycles. The molecule has 0 spiro atoms. The van der Waals surface area contributed by atoms with Crippen molar-refractivity contribution in [2.75, 3.05) is 26.4 Å². The molecule has 408 valence electrons. The highest BCUT2D eigenvalue weighted by Gasteiger charge is 2.38. The van der Waals surface area contributed by atoms with Crippen molar-refractivity contribution < 1.29 is 38.1 Å². The largest absolute Gasteiger partial charge is 0.465 e. The molecule has 0 heterocycles. The van der Waals surface area contributed by atoms with Crippen molar-refractivity contribution >= 4 is 23.9 Å². The molecule has 8 nitrogen and oxygen atoms in total. The average molecular weight is 978 g/mol. The summed E-state index contributed by atoms with van der Waals surface area (Å²) in [7, 11) is 0. The Kier molecular flexibility index (Phi) is 52.0. The normalized spacial score (nSPS) is 11.5. The van der Waals surface area contributed by atoms with Crippen LogP contribution in [0.5, 0.6) is 0 Å². The number of esters is 4. The van der Waals surface area contributed by atoms with E-state index in [0.717, 1.165) is 77.0 Å². The van der Waals surface area contributed by atoms with E-state index in [1.165, 1.54) is 205 Å². The average Bonchev–Trinajstić information content (AvgIpc) is 3.35. The fourth-order valence-electron chi connectivity index (χ4n) is 9.21. The number of carbonyl (C=O) groups is 4. The van der Waals surface area contributed by atoms with Crippen LogP contribution in [0.4, 0.5) is 0 Å². The lowest BCUT2D eigenvalue weighted by molar-refractivity contribution is -0.170. The van der Waals surface area contributed by atoms with Gasteiger partial charge in [0.25, 0.3) is 0 Å². The van der Waals surface area contributed by atoms with E-state index < -0.39 is 5.41 Å². The second-order valence-electron chi connectivity index (χ2n) is 21.3. The van der Waals surface area contributed by atoms with E-state index in [0.29, 0.717) is 25.7 Å². The van der Waals surface area contributed by atoms with E-state index in [1.807, 2.05) is 0 Å². The summed E-state index contributed by atoms with van der Waals surface area (Å²) in [5, 5.41) is 0. The first-order valence-electron chi connectivity index (χ1n) is 30.4. The van der Waals surface area contributed by atoms with Crippen LogP contribution in [-0.4, -0.2) is 50.3 Å². The number of carbonyl (C=O) groups excluding carboxylic acids is 4. The fraction of sp³-hybridized carbons (Fsp3) is 0.934. The number of rotatable bonds is 56. The van der Waals surface area contributed by atoms with Gasteiger partial charge >= 0.3 is 23.9 Å². The molecule has 0 aromatic rings. The Hall–Kier alpha value is -2.12. The second-order valence-corrected chi connectivity index (χ2v) is 21.3. The summed E-state index contributed by atoms with van der Waals surface area (Å²) in [4.78, 5) is 52.8. The zero-order valence-electron chi connectivity index (χ0n) is 46.5. The Morgan fingerprint density at radius 2 is 0.348 bits per heavy atom. The Bertz CT molecular complexity index is 950. The monoisotopic (exact) mass is 977 g/mol. The summed E-state index contributed by atoms with van der Waals surface area (Å²) in [5.41, 5.74) is -1.20. The number of ether oxygens (including phenoxy) is 4. The van der Waals surface area contributed by atoms with E-state index >= 15 is 0 Å². The first-order chi connectivity index (χ1) is 33.8. The first kappa shape index (κ1) is 66.9. The molecule has 0 unspecified atom stereocenters. The van der Waals surface area contributed by atoms with Crippen molar-refractivity contribution in [3.8, 4) is 0 Å². The predicted octanol–water partition coefficient (Wildman–Crippen LogP) is 18.9. The molecular weight excluding hydrogens is 861 g/mol. The number of hydrogen-bond acceptors (Lipinski definition) is 8. The molecule has 0 rings (SSSR count). The molecule has 0 N–H and O–H groups in total. The summed E-state index contributed by atoms with van der Waals surface area (Å²) < 4.78 is 23.6. The lowest BCUT2D eigenvalue weighted by Gasteiger charge is -2.31. The van der Waals surface area contributed by atoms with E-state index in [1.54, 1.807) is 0 Å². The second kappa shape index (κ2) is 53.7. The van der Waals surface area contributed by atoms with Crippen LogP contribution in [0.2, 0.25) is 0 Å². The van der Waals surface area contributed by atoms with Crippen molar-refractivity contribution in [1.82, 2.24) is 0 Å². The van der Waals surface area contributed by atoms with Gasteiger partial charge in [-0.05, 0) is 25.7 Å². The molecule has 0 radical (unpaired) electrons. The van der Waals surface area contributed by atoms with Crippen molar-refractivity contribution in [2.24, 2.45) is 5.41 Å². The maximum absolute atomic E-state index is 13.2. The van der Waals surface area contributed by atoms with Crippen LogP contribution in [0.25, 0.3) is 0 Å². The molecule has 0 aliphatic carbocycles. The van der Waals surface area contributed by atoms with E-state index in [9.17, 15) is 19.2 Å². The van der Waals surface area contributed by atoms with Gasteiger partial charge in [0, 0.05) is 25.7 Å². The Labute approximate surface area is 428 Å². The highest BCUT2D eigenvalue weighted by molar-refractivity contribution is 5.71. The van der Waals surface area contributed by atoms with E-state index in [4.69, 9.17) is 18.9 Å². The summed E-state index contributed by atoms with van der Waals surface area (Å²) in [6.07, 6.45) is 53.7. The quantitative estimate of drug-likeness (QED) is 0.0337. The van der Waals surface area contributed by atoms with Crippen LogP contribution in [-0.2, 0) is 38.1 Å². The third kappa shape index (κ3) is 49.3. The highest BCUT2D eigenvalue weighted by Crippen LogP contribution is 2.24. The standard InChI is InChI=1S/C61H116O8/c1-5-9-13-17-21-25-29-33-37-41-45-49-57(62)66-53-61(54-67-58(63)50-46-42-38-34-30-26-22-18-14-10-6-2,55-68-59(64)51-47-43-39-35-31-27-23-19-15-11-7-3)56-69-60(65)52-48-44-40-36-32-28-24-20-16-12-8-4/h5-56H2,1-4H3. The van der Waals surface area contributed by atoms with Gasteiger partial charge in [0.1, 0.15) is 31.8 Å². The molecule has 0 saturated carbocycles. The van der Waals surface area contributed by atoms with Gasteiger partial charge in [-0.25, -0.2) is 0 Å². The lowest BCUT2D eigenvalue weighted by atomic mass is 9.92. The van der Waals surface area contributed by atoms with Gasteiger partial charge in [0.2, 0.25) is 0 Å². The minimum absolute atomic E-state index is 0.160. The van der Waals surface area contributed by atoms with Gasteiger partial charge in [-0.15, -0.1) is 0 Å². The highest BCUT2D eigenvalue weighted by atomic mass is 16.6. The molecule has 0 aliphatic rings. The number of unbranched alkanes of at least 4 members (excludes halogenated alkanes) is 40. The molecule has 0 saturated heterocycles. The Morgan fingerprint density at radius 1 is 0.217 bits per heavy atom. The molecule has 0 aromatic carbocycles. The summed E-state index contributed by atoms with van der Waals surface area (Å²) in [6, 6.07) is 0. The predicted molar refractivity (Wildman–Crippen MR) is 291 cm³/mol. The van der Waals surface area contributed by atoms with Crippen LogP contribution >= 0.6 is 0 Å². The fourth-order valence-corrected chi connectivity index (χ4v) is 9.21. The van der Waals surface area contributed by atoms with E-state index in [-0.39, 0.29) is 50.3 Å². The molecule has 0 atom stereocenters. The summed E-state index contributed by atoms with van der Waals surface area (Å²) in [6.45, 7) is 8.36. The van der Waals surface area contributed by atoms with Gasteiger partial charge < -0.3 is 18.9 Å². The lowest BCUT2D eigenvalue weighted by Crippen LogP contribution is -2.44. The maximum Gasteiger partial charge on any atom is 0.305 e. The topological polar surface area (TPSA) is 105 Å². The van der Waals surface area contributed by atoms with Crippen LogP contribution in [0, 0.1) is 5.41 Å². The van der Waals surface area contributed by atoms with Crippen LogP contribution in [0.1, 0.15) is 336 Å².